The first kappa shape index (κ1) is 23.4. The van der Waals surface area contributed by atoms with Gasteiger partial charge >= 0.3 is 12.0 Å². The number of amides is 3. The first-order chi connectivity index (χ1) is 15.3. The van der Waals surface area contributed by atoms with E-state index >= 15 is 0 Å². The van der Waals surface area contributed by atoms with Crippen LogP contribution in [0.5, 0.6) is 0 Å². The Bertz CT molecular complexity index is 1080. The van der Waals surface area contributed by atoms with Crippen molar-refractivity contribution in [2.24, 2.45) is 5.73 Å². The molecule has 1 fully saturated rings. The average Bonchev–Trinajstić information content (AvgIpc) is 2.78. The van der Waals surface area contributed by atoms with Gasteiger partial charge in [-0.05, 0) is 23.8 Å². The smallest absolute Gasteiger partial charge is 0.338 e. The van der Waals surface area contributed by atoms with Gasteiger partial charge in [-0.15, -0.1) is 0 Å². The molecule has 1 aliphatic heterocycles. The summed E-state index contributed by atoms with van der Waals surface area (Å²) >= 11 is 0. The van der Waals surface area contributed by atoms with Crippen LogP contribution in [0.25, 0.3) is 0 Å². The number of imide groups is 1. The quantitative estimate of drug-likeness (QED) is 0.575. The molecule has 10 nitrogen and oxygen atoms in total. The van der Waals surface area contributed by atoms with Crippen molar-refractivity contribution in [2.45, 2.75) is 11.4 Å². The van der Waals surface area contributed by atoms with Gasteiger partial charge in [0, 0.05) is 32.7 Å². The first-order valence-corrected chi connectivity index (χ1v) is 11.3. The molecule has 2 aromatic rings. The van der Waals surface area contributed by atoms with E-state index in [0.717, 1.165) is 6.54 Å². The maximum absolute atomic E-state index is 13.1. The number of ether oxygens (including phenoxy) is 1. The topological polar surface area (TPSA) is 139 Å². The van der Waals surface area contributed by atoms with Gasteiger partial charge in [-0.2, -0.15) is 4.31 Å². The number of piperazine rings is 1. The minimum Gasteiger partial charge on any atom is -0.452 e. The van der Waals surface area contributed by atoms with Gasteiger partial charge in [-0.3, -0.25) is 15.0 Å². The second-order valence-corrected chi connectivity index (χ2v) is 9.12. The summed E-state index contributed by atoms with van der Waals surface area (Å²) in [5.41, 5.74) is 5.95. The molecule has 0 saturated carbocycles. The number of hydrogen-bond donors (Lipinski definition) is 2. The van der Waals surface area contributed by atoms with Gasteiger partial charge in [0.15, 0.2) is 6.61 Å². The Labute approximate surface area is 186 Å². The van der Waals surface area contributed by atoms with E-state index in [0.29, 0.717) is 26.2 Å². The van der Waals surface area contributed by atoms with Crippen molar-refractivity contribution >= 4 is 27.9 Å². The Morgan fingerprint density at radius 3 is 2.31 bits per heavy atom. The number of rotatable bonds is 7. The molecule has 0 aromatic heterocycles. The lowest BCUT2D eigenvalue weighted by Crippen LogP contribution is -2.48. The third kappa shape index (κ3) is 6.13. The molecule has 1 aliphatic rings. The predicted molar refractivity (Wildman–Crippen MR) is 115 cm³/mol. The van der Waals surface area contributed by atoms with Crippen molar-refractivity contribution < 1.29 is 27.5 Å². The summed E-state index contributed by atoms with van der Waals surface area (Å²) in [6, 6.07) is 14.3. The lowest BCUT2D eigenvalue weighted by molar-refractivity contribution is -0.123. The number of benzene rings is 2. The second-order valence-electron chi connectivity index (χ2n) is 7.18. The molecule has 3 rings (SSSR count). The van der Waals surface area contributed by atoms with E-state index in [-0.39, 0.29) is 10.5 Å². The van der Waals surface area contributed by atoms with Crippen LogP contribution < -0.4 is 11.1 Å². The molecule has 3 amide bonds. The van der Waals surface area contributed by atoms with Crippen LogP contribution >= 0.6 is 0 Å². The SMILES string of the molecule is NC(=O)NC(=O)COC(=O)c1cccc(S(=O)(=O)N2CCN(Cc3ccccc3)CC2)c1. The summed E-state index contributed by atoms with van der Waals surface area (Å²) in [6.07, 6.45) is 0. The third-order valence-corrected chi connectivity index (χ3v) is 6.78. The van der Waals surface area contributed by atoms with Gasteiger partial charge in [0.2, 0.25) is 10.0 Å². The zero-order valence-corrected chi connectivity index (χ0v) is 18.1. The van der Waals surface area contributed by atoms with Crippen molar-refractivity contribution in [1.29, 1.82) is 0 Å². The number of esters is 1. The van der Waals surface area contributed by atoms with Gasteiger partial charge in [0.1, 0.15) is 0 Å². The molecule has 0 bridgehead atoms. The van der Waals surface area contributed by atoms with Gasteiger partial charge in [0.25, 0.3) is 5.91 Å². The number of carbonyl (C=O) groups excluding carboxylic acids is 3. The molecule has 0 atom stereocenters. The number of sulfonamides is 1. The van der Waals surface area contributed by atoms with E-state index in [9.17, 15) is 22.8 Å². The van der Waals surface area contributed by atoms with E-state index in [1.807, 2.05) is 30.3 Å². The maximum atomic E-state index is 13.1. The summed E-state index contributed by atoms with van der Waals surface area (Å²) in [7, 11) is -3.80. The summed E-state index contributed by atoms with van der Waals surface area (Å²) in [6.45, 7) is 1.87. The van der Waals surface area contributed by atoms with Crippen molar-refractivity contribution in [3.05, 3.63) is 65.7 Å². The fourth-order valence-electron chi connectivity index (χ4n) is 3.29. The minimum absolute atomic E-state index is 0.0272. The fourth-order valence-corrected chi connectivity index (χ4v) is 4.76. The molecule has 170 valence electrons. The van der Waals surface area contributed by atoms with Crippen LogP contribution in [0.1, 0.15) is 15.9 Å². The number of nitrogens with zero attached hydrogens (tertiary/aromatic N) is 2. The molecule has 3 N–H and O–H groups in total. The van der Waals surface area contributed by atoms with Crippen molar-refractivity contribution in [3.63, 3.8) is 0 Å². The second kappa shape index (κ2) is 10.4. The molecule has 32 heavy (non-hydrogen) atoms. The molecule has 11 heteroatoms. The van der Waals surface area contributed by atoms with Crippen LogP contribution in [0, 0.1) is 0 Å². The first-order valence-electron chi connectivity index (χ1n) is 9.88. The molecular formula is C21H24N4O6S. The lowest BCUT2D eigenvalue weighted by atomic mass is 10.2. The molecule has 2 aromatic carbocycles. The molecule has 1 heterocycles. The zero-order chi connectivity index (χ0) is 23.1. The standard InChI is InChI=1S/C21H24N4O6S/c22-21(28)23-19(26)15-31-20(27)17-7-4-8-18(13-17)32(29,30)25-11-9-24(10-12-25)14-16-5-2-1-3-6-16/h1-8,13H,9-12,14-15H2,(H3,22,23,26,28). The number of urea groups is 1. The summed E-state index contributed by atoms with van der Waals surface area (Å²) < 4.78 is 32.3. The minimum atomic E-state index is -3.80. The number of nitrogens with two attached hydrogens (primary N) is 1. The largest absolute Gasteiger partial charge is 0.452 e. The van der Waals surface area contributed by atoms with E-state index in [1.165, 1.54) is 34.1 Å². The van der Waals surface area contributed by atoms with Crippen LogP contribution in [0.3, 0.4) is 0 Å². The lowest BCUT2D eigenvalue weighted by Gasteiger charge is -2.34. The van der Waals surface area contributed by atoms with Crippen molar-refractivity contribution in [2.75, 3.05) is 32.8 Å². The average molecular weight is 461 g/mol. The Hall–Kier alpha value is -3.28. The number of hydrogen-bond acceptors (Lipinski definition) is 7. The van der Waals surface area contributed by atoms with Crippen LogP contribution in [0.2, 0.25) is 0 Å². The van der Waals surface area contributed by atoms with E-state index in [4.69, 9.17) is 10.5 Å². The molecule has 0 aliphatic carbocycles. The van der Waals surface area contributed by atoms with E-state index in [1.54, 1.807) is 5.32 Å². The highest BCUT2D eigenvalue weighted by atomic mass is 32.2. The predicted octanol–water partition coefficient (Wildman–Crippen LogP) is 0.545. The van der Waals surface area contributed by atoms with E-state index in [2.05, 4.69) is 4.90 Å². The van der Waals surface area contributed by atoms with Crippen LogP contribution in [-0.4, -0.2) is 68.3 Å². The Morgan fingerprint density at radius 1 is 0.969 bits per heavy atom. The van der Waals surface area contributed by atoms with Gasteiger partial charge in [-0.25, -0.2) is 18.0 Å². The monoisotopic (exact) mass is 460 g/mol. The summed E-state index contributed by atoms with van der Waals surface area (Å²) in [4.78, 5) is 36.3. The molecule has 0 spiro atoms. The highest BCUT2D eigenvalue weighted by Gasteiger charge is 2.29. The molecular weight excluding hydrogens is 436 g/mol. The number of nitrogens with one attached hydrogen (secondary N) is 1. The summed E-state index contributed by atoms with van der Waals surface area (Å²) in [5, 5.41) is 1.76. The van der Waals surface area contributed by atoms with Gasteiger partial charge in [0.05, 0.1) is 10.5 Å². The molecule has 0 unspecified atom stereocenters. The Morgan fingerprint density at radius 2 is 1.66 bits per heavy atom. The number of primary amides is 1. The highest BCUT2D eigenvalue weighted by molar-refractivity contribution is 7.89. The zero-order valence-electron chi connectivity index (χ0n) is 17.3. The van der Waals surface area contributed by atoms with Crippen molar-refractivity contribution in [1.82, 2.24) is 14.5 Å². The van der Waals surface area contributed by atoms with E-state index < -0.39 is 34.5 Å². The van der Waals surface area contributed by atoms with Crippen molar-refractivity contribution in [3.8, 4) is 0 Å². The Kier molecular flexibility index (Phi) is 7.57. The third-order valence-electron chi connectivity index (χ3n) is 4.88. The van der Waals surface area contributed by atoms with Crippen LogP contribution in [0.4, 0.5) is 4.79 Å². The van der Waals surface area contributed by atoms with Crippen LogP contribution in [-0.2, 0) is 26.1 Å². The number of carbonyl (C=O) groups is 3. The van der Waals surface area contributed by atoms with Crippen LogP contribution in [0.15, 0.2) is 59.5 Å². The van der Waals surface area contributed by atoms with Gasteiger partial charge in [-0.1, -0.05) is 36.4 Å². The maximum Gasteiger partial charge on any atom is 0.338 e. The highest BCUT2D eigenvalue weighted by Crippen LogP contribution is 2.20. The Balaban J connectivity index is 1.60. The van der Waals surface area contributed by atoms with Gasteiger partial charge < -0.3 is 10.5 Å². The summed E-state index contributed by atoms with van der Waals surface area (Å²) in [5.74, 6) is -1.78. The molecule has 1 saturated heterocycles. The molecule has 0 radical (unpaired) electrons. The normalized spacial score (nSPS) is 15.1. The fraction of sp³-hybridized carbons (Fsp3) is 0.286.